The fraction of sp³-hybridized carbons (Fsp3) is 0.400. The van der Waals surface area contributed by atoms with Crippen LogP contribution >= 0.6 is 0 Å². The Bertz CT molecular complexity index is 289. The largest absolute Gasteiger partial charge is 0.496 e. The van der Waals surface area contributed by atoms with Crippen molar-refractivity contribution in [3.63, 3.8) is 0 Å². The number of nitrogens with one attached hydrogen (secondary N) is 1. The number of anilines is 1. The van der Waals surface area contributed by atoms with Gasteiger partial charge in [-0.05, 0) is 18.2 Å². The number of nitrogens with two attached hydrogens (primary N) is 1. The molecular formula is C10H16N2O2. The number of benzene rings is 1. The quantitative estimate of drug-likeness (QED) is 0.470. The average Bonchev–Trinajstić information content (AvgIpc) is 2.19. The number of aliphatic hydroxyl groups is 1. The van der Waals surface area contributed by atoms with Crippen LogP contribution < -0.4 is 15.8 Å². The molecule has 0 saturated heterocycles. The van der Waals surface area contributed by atoms with E-state index in [4.69, 9.17) is 15.6 Å². The van der Waals surface area contributed by atoms with Crippen molar-refractivity contribution >= 4 is 5.69 Å². The Labute approximate surface area is 83.7 Å². The summed E-state index contributed by atoms with van der Waals surface area (Å²) >= 11 is 0. The minimum absolute atomic E-state index is 0.130. The summed E-state index contributed by atoms with van der Waals surface area (Å²) in [4.78, 5) is 0. The van der Waals surface area contributed by atoms with Crippen LogP contribution in [0.2, 0.25) is 0 Å². The van der Waals surface area contributed by atoms with E-state index >= 15 is 0 Å². The minimum atomic E-state index is 0.130. The summed E-state index contributed by atoms with van der Waals surface area (Å²) < 4.78 is 5.17. The maximum absolute atomic E-state index is 8.61. The monoisotopic (exact) mass is 196 g/mol. The smallest absolute Gasteiger partial charge is 0.123 e. The molecule has 0 atom stereocenters. The van der Waals surface area contributed by atoms with Gasteiger partial charge in [-0.15, -0.1) is 0 Å². The molecule has 1 rings (SSSR count). The highest BCUT2D eigenvalue weighted by molar-refractivity contribution is 5.47. The van der Waals surface area contributed by atoms with Gasteiger partial charge in [0.1, 0.15) is 5.75 Å². The molecule has 0 aliphatic heterocycles. The predicted molar refractivity (Wildman–Crippen MR) is 56.2 cm³/mol. The molecule has 0 heterocycles. The van der Waals surface area contributed by atoms with Gasteiger partial charge < -0.3 is 20.9 Å². The van der Waals surface area contributed by atoms with Crippen molar-refractivity contribution in [2.75, 3.05) is 26.0 Å². The van der Waals surface area contributed by atoms with E-state index in [1.165, 1.54) is 0 Å². The summed E-state index contributed by atoms with van der Waals surface area (Å²) in [5, 5.41) is 11.7. The number of nitrogen functional groups attached to an aromatic ring is 1. The van der Waals surface area contributed by atoms with E-state index in [1.54, 1.807) is 13.2 Å². The average molecular weight is 196 g/mol. The first kappa shape index (κ1) is 10.8. The topological polar surface area (TPSA) is 67.5 Å². The van der Waals surface area contributed by atoms with Crippen LogP contribution in [0.1, 0.15) is 5.56 Å². The van der Waals surface area contributed by atoms with E-state index in [2.05, 4.69) is 5.32 Å². The zero-order chi connectivity index (χ0) is 10.4. The van der Waals surface area contributed by atoms with Crippen LogP contribution in [0.5, 0.6) is 5.75 Å². The molecule has 0 aliphatic rings. The standard InChI is InChI=1S/C10H16N2O2/c1-14-10-3-2-9(11)6-8(10)7-12-4-5-13/h2-3,6,12-13H,4-5,7,11H2,1H3. The summed E-state index contributed by atoms with van der Waals surface area (Å²) in [5.41, 5.74) is 7.37. The summed E-state index contributed by atoms with van der Waals surface area (Å²) in [6.07, 6.45) is 0. The lowest BCUT2D eigenvalue weighted by Gasteiger charge is -2.09. The van der Waals surface area contributed by atoms with Crippen LogP contribution in [-0.4, -0.2) is 25.4 Å². The molecule has 0 fully saturated rings. The number of rotatable bonds is 5. The molecule has 4 N–H and O–H groups in total. The van der Waals surface area contributed by atoms with Crippen LogP contribution in [0.15, 0.2) is 18.2 Å². The number of methoxy groups -OCH3 is 1. The normalized spacial score (nSPS) is 10.1. The fourth-order valence-corrected chi connectivity index (χ4v) is 1.24. The first-order valence-electron chi connectivity index (χ1n) is 4.52. The van der Waals surface area contributed by atoms with Crippen molar-refractivity contribution in [3.05, 3.63) is 23.8 Å². The van der Waals surface area contributed by atoms with Gasteiger partial charge in [0.05, 0.1) is 13.7 Å². The fourth-order valence-electron chi connectivity index (χ4n) is 1.24. The van der Waals surface area contributed by atoms with Crippen molar-refractivity contribution in [3.8, 4) is 5.75 Å². The van der Waals surface area contributed by atoms with Gasteiger partial charge in [0, 0.05) is 24.3 Å². The number of ether oxygens (including phenoxy) is 1. The van der Waals surface area contributed by atoms with Crippen LogP contribution in [-0.2, 0) is 6.54 Å². The molecule has 4 heteroatoms. The Balaban J connectivity index is 2.67. The van der Waals surface area contributed by atoms with Gasteiger partial charge in [-0.3, -0.25) is 0 Å². The lowest BCUT2D eigenvalue weighted by molar-refractivity contribution is 0.291. The Hall–Kier alpha value is -1.26. The predicted octanol–water partition coefficient (Wildman–Crippen LogP) is 0.359. The van der Waals surface area contributed by atoms with Gasteiger partial charge in [0.15, 0.2) is 0 Å². The summed E-state index contributed by atoms with van der Waals surface area (Å²) in [6.45, 7) is 1.34. The zero-order valence-corrected chi connectivity index (χ0v) is 8.29. The lowest BCUT2D eigenvalue weighted by atomic mass is 10.2. The van der Waals surface area contributed by atoms with Gasteiger partial charge in [-0.1, -0.05) is 0 Å². The van der Waals surface area contributed by atoms with Gasteiger partial charge in [-0.2, -0.15) is 0 Å². The van der Waals surface area contributed by atoms with Gasteiger partial charge in [0.25, 0.3) is 0 Å². The van der Waals surface area contributed by atoms with E-state index in [-0.39, 0.29) is 6.61 Å². The Morgan fingerprint density at radius 3 is 2.93 bits per heavy atom. The van der Waals surface area contributed by atoms with Crippen molar-refractivity contribution in [1.82, 2.24) is 5.32 Å². The third kappa shape index (κ3) is 2.90. The first-order chi connectivity index (χ1) is 6.77. The molecule has 0 bridgehead atoms. The van der Waals surface area contributed by atoms with Crippen molar-refractivity contribution in [1.29, 1.82) is 0 Å². The van der Waals surface area contributed by atoms with Crippen molar-refractivity contribution in [2.24, 2.45) is 0 Å². The van der Waals surface area contributed by atoms with E-state index in [0.717, 1.165) is 11.3 Å². The third-order valence-corrected chi connectivity index (χ3v) is 1.91. The molecule has 0 radical (unpaired) electrons. The number of hydrogen-bond donors (Lipinski definition) is 3. The third-order valence-electron chi connectivity index (χ3n) is 1.91. The molecule has 0 aromatic heterocycles. The molecule has 0 amide bonds. The molecule has 4 nitrogen and oxygen atoms in total. The second kappa shape index (κ2) is 5.47. The molecule has 0 saturated carbocycles. The molecule has 0 unspecified atom stereocenters. The second-order valence-electron chi connectivity index (χ2n) is 2.97. The SMILES string of the molecule is COc1ccc(N)cc1CNCCO. The number of aliphatic hydroxyl groups excluding tert-OH is 1. The highest BCUT2D eigenvalue weighted by Gasteiger charge is 2.02. The molecular weight excluding hydrogens is 180 g/mol. The van der Waals surface area contributed by atoms with Crippen LogP contribution in [0, 0.1) is 0 Å². The van der Waals surface area contributed by atoms with Crippen LogP contribution in [0.25, 0.3) is 0 Å². The number of hydrogen-bond acceptors (Lipinski definition) is 4. The van der Waals surface area contributed by atoms with Gasteiger partial charge >= 0.3 is 0 Å². The van der Waals surface area contributed by atoms with Crippen molar-refractivity contribution < 1.29 is 9.84 Å². The Kier molecular flexibility index (Phi) is 4.22. The Morgan fingerprint density at radius 1 is 1.50 bits per heavy atom. The summed E-state index contributed by atoms with van der Waals surface area (Å²) in [5.74, 6) is 0.810. The Morgan fingerprint density at radius 2 is 2.29 bits per heavy atom. The van der Waals surface area contributed by atoms with Gasteiger partial charge in [-0.25, -0.2) is 0 Å². The van der Waals surface area contributed by atoms with E-state index in [1.807, 2.05) is 12.1 Å². The molecule has 78 valence electrons. The molecule has 1 aromatic rings. The molecule has 0 aliphatic carbocycles. The summed E-state index contributed by atoms with van der Waals surface area (Å²) in [7, 11) is 1.63. The van der Waals surface area contributed by atoms with E-state index in [9.17, 15) is 0 Å². The van der Waals surface area contributed by atoms with E-state index in [0.29, 0.717) is 18.8 Å². The molecule has 1 aromatic carbocycles. The van der Waals surface area contributed by atoms with Crippen molar-refractivity contribution in [2.45, 2.75) is 6.54 Å². The molecule has 0 spiro atoms. The maximum Gasteiger partial charge on any atom is 0.123 e. The highest BCUT2D eigenvalue weighted by Crippen LogP contribution is 2.20. The molecule has 14 heavy (non-hydrogen) atoms. The lowest BCUT2D eigenvalue weighted by Crippen LogP contribution is -2.18. The summed E-state index contributed by atoms with van der Waals surface area (Å²) in [6, 6.07) is 5.50. The van der Waals surface area contributed by atoms with Crippen LogP contribution in [0.4, 0.5) is 5.69 Å². The maximum atomic E-state index is 8.61. The zero-order valence-electron chi connectivity index (χ0n) is 8.29. The van der Waals surface area contributed by atoms with Gasteiger partial charge in [0.2, 0.25) is 0 Å². The second-order valence-corrected chi connectivity index (χ2v) is 2.97. The minimum Gasteiger partial charge on any atom is -0.496 e. The van der Waals surface area contributed by atoms with E-state index < -0.39 is 0 Å². The first-order valence-corrected chi connectivity index (χ1v) is 4.52. The van der Waals surface area contributed by atoms with Crippen LogP contribution in [0.3, 0.4) is 0 Å². The highest BCUT2D eigenvalue weighted by atomic mass is 16.5.